The molecule has 122 valence electrons. The second-order valence-electron chi connectivity index (χ2n) is 5.94. The van der Waals surface area contributed by atoms with Gasteiger partial charge in [-0.25, -0.2) is 0 Å². The SMILES string of the molecule is C/C(=N/OC(C)C)c1ccc(CC(NC(C)C)C(=O)O)cc1. The fraction of sp³-hybridized carbons (Fsp3) is 0.529. The molecule has 0 amide bonds. The number of nitrogens with zero attached hydrogens (tertiary/aromatic N) is 1. The number of hydrogen-bond donors (Lipinski definition) is 2. The van der Waals surface area contributed by atoms with Crippen molar-refractivity contribution < 1.29 is 14.7 Å². The number of carboxylic acids is 1. The Morgan fingerprint density at radius 3 is 2.27 bits per heavy atom. The van der Waals surface area contributed by atoms with E-state index in [1.165, 1.54) is 0 Å². The fourth-order valence-electron chi connectivity index (χ4n) is 1.97. The number of nitrogens with one attached hydrogen (secondary N) is 1. The van der Waals surface area contributed by atoms with Gasteiger partial charge >= 0.3 is 5.97 Å². The molecule has 5 heteroatoms. The third kappa shape index (κ3) is 6.26. The zero-order chi connectivity index (χ0) is 16.7. The molecular weight excluding hydrogens is 280 g/mol. The first-order valence-electron chi connectivity index (χ1n) is 7.58. The lowest BCUT2D eigenvalue weighted by Gasteiger charge is -2.17. The largest absolute Gasteiger partial charge is 0.480 e. The van der Waals surface area contributed by atoms with Crippen molar-refractivity contribution in [2.24, 2.45) is 5.16 Å². The fourth-order valence-corrected chi connectivity index (χ4v) is 1.97. The third-order valence-corrected chi connectivity index (χ3v) is 3.04. The standard InChI is InChI=1S/C17H26N2O3/c1-11(2)18-16(17(20)21)10-14-6-8-15(9-7-14)13(5)19-22-12(3)4/h6-9,11-12,16,18H,10H2,1-5H3,(H,20,21)/b19-13-. The highest BCUT2D eigenvalue weighted by Crippen LogP contribution is 2.09. The van der Waals surface area contributed by atoms with Gasteiger partial charge in [-0.1, -0.05) is 43.3 Å². The van der Waals surface area contributed by atoms with Crippen molar-refractivity contribution in [1.82, 2.24) is 5.32 Å². The summed E-state index contributed by atoms with van der Waals surface area (Å²) in [5.74, 6) is -0.833. The lowest BCUT2D eigenvalue weighted by atomic mass is 10.0. The number of oxime groups is 1. The van der Waals surface area contributed by atoms with E-state index < -0.39 is 12.0 Å². The predicted molar refractivity (Wildman–Crippen MR) is 88.3 cm³/mol. The predicted octanol–water partition coefficient (Wildman–Crippen LogP) is 2.83. The van der Waals surface area contributed by atoms with Crippen molar-refractivity contribution in [3.8, 4) is 0 Å². The average molecular weight is 306 g/mol. The van der Waals surface area contributed by atoms with Crippen LogP contribution >= 0.6 is 0 Å². The Hall–Kier alpha value is -1.88. The molecule has 5 nitrogen and oxygen atoms in total. The van der Waals surface area contributed by atoms with Crippen LogP contribution in [0.15, 0.2) is 29.4 Å². The summed E-state index contributed by atoms with van der Waals surface area (Å²) in [6.45, 7) is 9.61. The van der Waals surface area contributed by atoms with Crippen LogP contribution in [0.25, 0.3) is 0 Å². The summed E-state index contributed by atoms with van der Waals surface area (Å²) in [6, 6.07) is 7.29. The minimum absolute atomic E-state index is 0.0488. The number of rotatable bonds is 8. The van der Waals surface area contributed by atoms with Crippen molar-refractivity contribution in [1.29, 1.82) is 0 Å². The Balaban J connectivity index is 2.75. The average Bonchev–Trinajstić information content (AvgIpc) is 2.44. The van der Waals surface area contributed by atoms with Gasteiger partial charge in [-0.3, -0.25) is 4.79 Å². The zero-order valence-corrected chi connectivity index (χ0v) is 14.0. The van der Waals surface area contributed by atoms with E-state index in [0.29, 0.717) is 6.42 Å². The Labute approximate surface area is 132 Å². The number of hydrogen-bond acceptors (Lipinski definition) is 4. The molecule has 0 heterocycles. The Morgan fingerprint density at radius 1 is 1.23 bits per heavy atom. The molecule has 0 saturated heterocycles. The molecule has 1 atom stereocenters. The van der Waals surface area contributed by atoms with Gasteiger partial charge in [0.2, 0.25) is 0 Å². The highest BCUT2D eigenvalue weighted by molar-refractivity contribution is 5.98. The zero-order valence-electron chi connectivity index (χ0n) is 14.0. The lowest BCUT2D eigenvalue weighted by Crippen LogP contribution is -2.42. The molecule has 1 aromatic carbocycles. The first-order valence-corrected chi connectivity index (χ1v) is 7.58. The molecule has 0 aliphatic heterocycles. The van der Waals surface area contributed by atoms with Gasteiger partial charge in [0.1, 0.15) is 12.1 Å². The van der Waals surface area contributed by atoms with E-state index in [-0.39, 0.29) is 12.1 Å². The Bertz CT molecular complexity index is 507. The van der Waals surface area contributed by atoms with Crippen molar-refractivity contribution in [2.75, 3.05) is 0 Å². The topological polar surface area (TPSA) is 70.9 Å². The van der Waals surface area contributed by atoms with Gasteiger partial charge < -0.3 is 15.3 Å². The number of benzene rings is 1. The summed E-state index contributed by atoms with van der Waals surface area (Å²) in [7, 11) is 0. The molecule has 0 aliphatic carbocycles. The second-order valence-corrected chi connectivity index (χ2v) is 5.94. The first kappa shape index (κ1) is 18.2. The molecule has 0 saturated carbocycles. The smallest absolute Gasteiger partial charge is 0.321 e. The summed E-state index contributed by atoms with van der Waals surface area (Å²) >= 11 is 0. The molecule has 0 aliphatic rings. The van der Waals surface area contributed by atoms with Gasteiger partial charge in [-0.15, -0.1) is 0 Å². The van der Waals surface area contributed by atoms with Crippen LogP contribution < -0.4 is 5.32 Å². The van der Waals surface area contributed by atoms with Crippen LogP contribution in [0.1, 0.15) is 45.7 Å². The maximum atomic E-state index is 11.3. The Kier molecular flexibility index (Phi) is 7.05. The molecule has 2 N–H and O–H groups in total. The maximum Gasteiger partial charge on any atom is 0.321 e. The van der Waals surface area contributed by atoms with Crippen LogP contribution in [-0.4, -0.2) is 35.0 Å². The number of carbonyl (C=O) groups is 1. The van der Waals surface area contributed by atoms with Crippen molar-refractivity contribution in [3.05, 3.63) is 35.4 Å². The van der Waals surface area contributed by atoms with Crippen LogP contribution in [0.2, 0.25) is 0 Å². The quantitative estimate of drug-likeness (QED) is 0.572. The van der Waals surface area contributed by atoms with E-state index >= 15 is 0 Å². The monoisotopic (exact) mass is 306 g/mol. The lowest BCUT2D eigenvalue weighted by molar-refractivity contribution is -0.139. The minimum Gasteiger partial charge on any atom is -0.480 e. The summed E-state index contributed by atoms with van der Waals surface area (Å²) < 4.78 is 0. The van der Waals surface area contributed by atoms with Crippen molar-refractivity contribution >= 4 is 11.7 Å². The van der Waals surface area contributed by atoms with E-state index in [4.69, 9.17) is 4.84 Å². The maximum absolute atomic E-state index is 11.3. The van der Waals surface area contributed by atoms with E-state index in [1.54, 1.807) is 0 Å². The van der Waals surface area contributed by atoms with Gasteiger partial charge in [0.25, 0.3) is 0 Å². The molecule has 1 unspecified atom stereocenters. The van der Waals surface area contributed by atoms with Crippen LogP contribution in [0.4, 0.5) is 0 Å². The van der Waals surface area contributed by atoms with Crippen LogP contribution in [0.3, 0.4) is 0 Å². The normalized spacial score (nSPS) is 13.5. The van der Waals surface area contributed by atoms with E-state index in [9.17, 15) is 9.90 Å². The summed E-state index contributed by atoms with van der Waals surface area (Å²) in [4.78, 5) is 16.5. The van der Waals surface area contributed by atoms with Gasteiger partial charge in [-0.2, -0.15) is 0 Å². The number of carboxylic acid groups (broad SMARTS) is 1. The van der Waals surface area contributed by atoms with E-state index in [0.717, 1.165) is 16.8 Å². The van der Waals surface area contributed by atoms with Crippen molar-refractivity contribution in [3.63, 3.8) is 0 Å². The molecule has 22 heavy (non-hydrogen) atoms. The second kappa shape index (κ2) is 8.54. The highest BCUT2D eigenvalue weighted by atomic mass is 16.6. The summed E-state index contributed by atoms with van der Waals surface area (Å²) in [6.07, 6.45) is 0.500. The minimum atomic E-state index is -0.833. The highest BCUT2D eigenvalue weighted by Gasteiger charge is 2.18. The molecule has 0 fully saturated rings. The molecule has 0 bridgehead atoms. The molecule has 1 aromatic rings. The van der Waals surface area contributed by atoms with E-state index in [2.05, 4.69) is 10.5 Å². The molecule has 0 spiro atoms. The Morgan fingerprint density at radius 2 is 1.82 bits per heavy atom. The van der Waals surface area contributed by atoms with Crippen LogP contribution in [0.5, 0.6) is 0 Å². The number of aliphatic carboxylic acids is 1. The molecule has 1 rings (SSSR count). The van der Waals surface area contributed by atoms with Gasteiger partial charge in [0.05, 0.1) is 5.71 Å². The van der Waals surface area contributed by atoms with Gasteiger partial charge in [0, 0.05) is 6.04 Å². The van der Waals surface area contributed by atoms with Crippen LogP contribution in [-0.2, 0) is 16.1 Å². The third-order valence-electron chi connectivity index (χ3n) is 3.04. The van der Waals surface area contributed by atoms with Gasteiger partial charge in [-0.05, 0) is 38.3 Å². The van der Waals surface area contributed by atoms with Crippen molar-refractivity contribution in [2.45, 2.75) is 59.2 Å². The first-order chi connectivity index (χ1) is 10.3. The summed E-state index contributed by atoms with van der Waals surface area (Å²) in [5, 5.41) is 16.4. The van der Waals surface area contributed by atoms with Gasteiger partial charge in [0.15, 0.2) is 0 Å². The molecule has 0 aromatic heterocycles. The van der Waals surface area contributed by atoms with E-state index in [1.807, 2.05) is 58.9 Å². The summed E-state index contributed by atoms with van der Waals surface area (Å²) in [5.41, 5.74) is 2.74. The molecular formula is C17H26N2O3. The van der Waals surface area contributed by atoms with Crippen LogP contribution in [0, 0.1) is 0 Å². The molecule has 0 radical (unpaired) electrons.